The Morgan fingerprint density at radius 1 is 1.33 bits per heavy atom. The molecule has 1 saturated carbocycles. The van der Waals surface area contributed by atoms with Gasteiger partial charge in [0.2, 0.25) is 0 Å². The zero-order valence-electron chi connectivity index (χ0n) is 10.2. The van der Waals surface area contributed by atoms with E-state index in [1.54, 1.807) is 0 Å². The number of nitrogens with one attached hydrogen (secondary N) is 1. The first-order valence-corrected chi connectivity index (χ1v) is 5.86. The highest BCUT2D eigenvalue weighted by molar-refractivity contribution is 4.88. The van der Waals surface area contributed by atoms with Crippen molar-refractivity contribution in [1.82, 2.24) is 5.32 Å². The number of rotatable bonds is 5. The van der Waals surface area contributed by atoms with E-state index in [1.165, 1.54) is 19.3 Å². The summed E-state index contributed by atoms with van der Waals surface area (Å²) in [6, 6.07) is 0.553. The van der Waals surface area contributed by atoms with Gasteiger partial charge in [0.25, 0.3) is 0 Å². The molecule has 1 unspecified atom stereocenters. The van der Waals surface area contributed by atoms with Crippen LogP contribution in [0.25, 0.3) is 0 Å². The summed E-state index contributed by atoms with van der Waals surface area (Å²) in [6.45, 7) is 7.26. The highest BCUT2D eigenvalue weighted by atomic mass is 16.3. The molecular formula is C12H25NO2. The quantitative estimate of drug-likeness (QED) is 0.645. The van der Waals surface area contributed by atoms with Gasteiger partial charge in [-0.1, -0.05) is 20.8 Å². The van der Waals surface area contributed by atoms with Gasteiger partial charge in [-0.15, -0.1) is 0 Å². The molecule has 1 fully saturated rings. The highest BCUT2D eigenvalue weighted by Gasteiger charge is 2.32. The monoisotopic (exact) mass is 215 g/mol. The van der Waals surface area contributed by atoms with Crippen LogP contribution in [0.3, 0.4) is 0 Å². The minimum atomic E-state index is -0.382. The van der Waals surface area contributed by atoms with Crippen molar-refractivity contribution in [2.24, 2.45) is 10.8 Å². The summed E-state index contributed by atoms with van der Waals surface area (Å²) in [6.07, 6.45) is 3.67. The van der Waals surface area contributed by atoms with Crippen LogP contribution in [-0.2, 0) is 0 Å². The van der Waals surface area contributed by atoms with E-state index in [9.17, 15) is 0 Å². The van der Waals surface area contributed by atoms with Crippen LogP contribution in [0.4, 0.5) is 0 Å². The third kappa shape index (κ3) is 3.74. The summed E-state index contributed by atoms with van der Waals surface area (Å²) in [4.78, 5) is 0. The van der Waals surface area contributed by atoms with Crippen molar-refractivity contribution >= 4 is 0 Å². The van der Waals surface area contributed by atoms with Gasteiger partial charge < -0.3 is 15.5 Å². The van der Waals surface area contributed by atoms with Crippen LogP contribution in [0.5, 0.6) is 0 Å². The zero-order chi connectivity index (χ0) is 11.5. The van der Waals surface area contributed by atoms with E-state index >= 15 is 0 Å². The Labute approximate surface area is 92.9 Å². The van der Waals surface area contributed by atoms with Crippen molar-refractivity contribution in [2.45, 2.75) is 46.1 Å². The Morgan fingerprint density at radius 2 is 1.93 bits per heavy atom. The Balaban J connectivity index is 2.32. The van der Waals surface area contributed by atoms with Gasteiger partial charge in [-0.25, -0.2) is 0 Å². The van der Waals surface area contributed by atoms with E-state index in [4.69, 9.17) is 10.2 Å². The molecule has 3 heteroatoms. The SMILES string of the molecule is CC1(C)CCC(NCC(C)(CO)CO)C1. The smallest absolute Gasteiger partial charge is 0.0518 e. The first-order valence-electron chi connectivity index (χ1n) is 5.86. The lowest BCUT2D eigenvalue weighted by Crippen LogP contribution is -2.41. The maximum Gasteiger partial charge on any atom is 0.0518 e. The van der Waals surface area contributed by atoms with Gasteiger partial charge in [-0.3, -0.25) is 0 Å². The van der Waals surface area contributed by atoms with Gasteiger partial charge in [0.05, 0.1) is 13.2 Å². The standard InChI is InChI=1S/C12H25NO2/c1-11(2)5-4-10(6-11)13-7-12(3,8-14)9-15/h10,13-15H,4-9H2,1-3H3. The summed E-state index contributed by atoms with van der Waals surface area (Å²) >= 11 is 0. The summed E-state index contributed by atoms with van der Waals surface area (Å²) in [7, 11) is 0. The Bertz CT molecular complexity index is 200. The molecule has 3 nitrogen and oxygen atoms in total. The van der Waals surface area contributed by atoms with Crippen LogP contribution in [0.1, 0.15) is 40.0 Å². The van der Waals surface area contributed by atoms with Gasteiger partial charge in [0, 0.05) is 18.0 Å². The number of aliphatic hydroxyl groups excluding tert-OH is 2. The van der Waals surface area contributed by atoms with Crippen LogP contribution >= 0.6 is 0 Å². The number of hydrogen-bond acceptors (Lipinski definition) is 3. The fourth-order valence-electron chi connectivity index (χ4n) is 2.16. The summed E-state index contributed by atoms with van der Waals surface area (Å²) < 4.78 is 0. The van der Waals surface area contributed by atoms with Crippen LogP contribution in [0, 0.1) is 10.8 Å². The summed E-state index contributed by atoms with van der Waals surface area (Å²) in [5.74, 6) is 0. The predicted molar refractivity (Wildman–Crippen MR) is 61.7 cm³/mol. The lowest BCUT2D eigenvalue weighted by molar-refractivity contribution is 0.0671. The molecule has 90 valence electrons. The fraction of sp³-hybridized carbons (Fsp3) is 1.00. The first-order chi connectivity index (χ1) is 6.91. The molecule has 0 heterocycles. The van der Waals surface area contributed by atoms with Crippen LogP contribution in [-0.4, -0.2) is 36.0 Å². The molecule has 0 spiro atoms. The van der Waals surface area contributed by atoms with Crippen molar-refractivity contribution in [3.8, 4) is 0 Å². The lowest BCUT2D eigenvalue weighted by Gasteiger charge is -2.27. The van der Waals surface area contributed by atoms with Crippen LogP contribution in [0.15, 0.2) is 0 Å². The lowest BCUT2D eigenvalue weighted by atomic mass is 9.91. The molecule has 1 atom stereocenters. The molecule has 0 aromatic rings. The molecule has 0 aromatic carbocycles. The van der Waals surface area contributed by atoms with E-state index in [0.29, 0.717) is 18.0 Å². The second-order valence-corrected chi connectivity index (χ2v) is 6.11. The molecule has 0 radical (unpaired) electrons. The van der Waals surface area contributed by atoms with Gasteiger partial charge >= 0.3 is 0 Å². The summed E-state index contributed by atoms with van der Waals surface area (Å²) in [5, 5.41) is 21.8. The molecule has 15 heavy (non-hydrogen) atoms. The molecule has 1 rings (SSSR count). The normalized spacial score (nSPS) is 25.8. The second kappa shape index (κ2) is 4.81. The summed E-state index contributed by atoms with van der Waals surface area (Å²) in [5.41, 5.74) is 0.0687. The Morgan fingerprint density at radius 3 is 2.33 bits per heavy atom. The highest BCUT2D eigenvalue weighted by Crippen LogP contribution is 2.37. The van der Waals surface area contributed by atoms with E-state index in [1.807, 2.05) is 6.92 Å². The average molecular weight is 215 g/mol. The van der Waals surface area contributed by atoms with Gasteiger partial charge in [-0.2, -0.15) is 0 Å². The maximum absolute atomic E-state index is 9.16. The molecule has 3 N–H and O–H groups in total. The van der Waals surface area contributed by atoms with Gasteiger partial charge in [0.15, 0.2) is 0 Å². The third-order valence-electron chi connectivity index (χ3n) is 3.55. The van der Waals surface area contributed by atoms with E-state index in [2.05, 4.69) is 19.2 Å². The maximum atomic E-state index is 9.16. The number of aliphatic hydroxyl groups is 2. The van der Waals surface area contributed by atoms with E-state index < -0.39 is 0 Å². The molecule has 0 bridgehead atoms. The molecule has 0 saturated heterocycles. The van der Waals surface area contributed by atoms with Gasteiger partial charge in [-0.05, 0) is 24.7 Å². The van der Waals surface area contributed by atoms with Crippen molar-refractivity contribution in [1.29, 1.82) is 0 Å². The minimum Gasteiger partial charge on any atom is -0.396 e. The first kappa shape index (κ1) is 12.9. The molecule has 1 aliphatic rings. The molecule has 0 amide bonds. The van der Waals surface area contributed by atoms with Crippen LogP contribution in [0.2, 0.25) is 0 Å². The Hall–Kier alpha value is -0.120. The third-order valence-corrected chi connectivity index (χ3v) is 3.55. The Kier molecular flexibility index (Phi) is 4.15. The van der Waals surface area contributed by atoms with Gasteiger partial charge in [0.1, 0.15) is 0 Å². The predicted octanol–water partition coefficient (Wildman–Crippen LogP) is 1.15. The largest absolute Gasteiger partial charge is 0.396 e. The molecule has 0 aromatic heterocycles. The fourth-order valence-corrected chi connectivity index (χ4v) is 2.16. The molecular weight excluding hydrogens is 190 g/mol. The van der Waals surface area contributed by atoms with E-state index in [0.717, 1.165) is 0 Å². The topological polar surface area (TPSA) is 52.5 Å². The average Bonchev–Trinajstić information content (AvgIpc) is 2.55. The van der Waals surface area contributed by atoms with Crippen molar-refractivity contribution < 1.29 is 10.2 Å². The minimum absolute atomic E-state index is 0.0343. The van der Waals surface area contributed by atoms with Crippen molar-refractivity contribution in [3.05, 3.63) is 0 Å². The van der Waals surface area contributed by atoms with E-state index in [-0.39, 0.29) is 18.6 Å². The molecule has 0 aliphatic heterocycles. The van der Waals surface area contributed by atoms with Crippen molar-refractivity contribution in [2.75, 3.05) is 19.8 Å². The second-order valence-electron chi connectivity index (χ2n) is 6.11. The van der Waals surface area contributed by atoms with Crippen molar-refractivity contribution in [3.63, 3.8) is 0 Å². The van der Waals surface area contributed by atoms with Crippen LogP contribution < -0.4 is 5.32 Å². The number of hydrogen-bond donors (Lipinski definition) is 3. The molecule has 1 aliphatic carbocycles. The zero-order valence-corrected chi connectivity index (χ0v) is 10.2.